The summed E-state index contributed by atoms with van der Waals surface area (Å²) in [7, 11) is 0. The number of pyridine rings is 1. The van der Waals surface area contributed by atoms with E-state index >= 15 is 0 Å². The summed E-state index contributed by atoms with van der Waals surface area (Å²) in [5.41, 5.74) is 0.0622. The van der Waals surface area contributed by atoms with Crippen LogP contribution in [0.1, 0.15) is 31.1 Å². The second kappa shape index (κ2) is 3.74. The first-order valence-corrected chi connectivity index (χ1v) is 4.32. The van der Waals surface area contributed by atoms with E-state index in [1.807, 2.05) is 20.8 Å². The van der Waals surface area contributed by atoms with Crippen molar-refractivity contribution >= 4 is 5.91 Å². The van der Waals surface area contributed by atoms with Gasteiger partial charge >= 0.3 is 0 Å². The molecule has 0 aliphatic carbocycles. The largest absolute Gasteiger partial charge is 0.347 e. The van der Waals surface area contributed by atoms with Crippen LogP contribution >= 0.6 is 0 Å². The van der Waals surface area contributed by atoms with Crippen LogP contribution in [0.25, 0.3) is 0 Å². The number of amides is 1. The Hall–Kier alpha value is -1.45. The molecule has 1 amide bonds. The third-order valence-electron chi connectivity index (χ3n) is 1.48. The fourth-order valence-electron chi connectivity index (χ4n) is 0.923. The Balaban J connectivity index is 2.76. The van der Waals surface area contributed by atoms with Crippen molar-refractivity contribution in [3.8, 4) is 0 Å². The number of halogens is 1. The first-order chi connectivity index (χ1) is 6.38. The molecule has 4 heteroatoms. The van der Waals surface area contributed by atoms with Gasteiger partial charge in [-0.2, -0.15) is 4.39 Å². The minimum Gasteiger partial charge on any atom is -0.347 e. The monoisotopic (exact) mass is 196 g/mol. The fraction of sp³-hybridized carbons (Fsp3) is 0.400. The predicted molar refractivity (Wildman–Crippen MR) is 51.4 cm³/mol. The van der Waals surface area contributed by atoms with Crippen molar-refractivity contribution < 1.29 is 9.18 Å². The number of rotatable bonds is 1. The van der Waals surface area contributed by atoms with E-state index in [4.69, 9.17) is 0 Å². The SMILES string of the molecule is CC(C)(C)NC(=O)c1ccc(F)nc1. The average molecular weight is 196 g/mol. The number of carbonyl (C=O) groups is 1. The lowest BCUT2D eigenvalue weighted by molar-refractivity contribution is 0.0919. The van der Waals surface area contributed by atoms with Gasteiger partial charge in [-0.25, -0.2) is 4.98 Å². The van der Waals surface area contributed by atoms with E-state index in [1.165, 1.54) is 12.3 Å². The molecule has 3 nitrogen and oxygen atoms in total. The van der Waals surface area contributed by atoms with Gasteiger partial charge in [0, 0.05) is 11.7 Å². The molecule has 0 fully saturated rings. The van der Waals surface area contributed by atoms with Crippen molar-refractivity contribution in [3.63, 3.8) is 0 Å². The lowest BCUT2D eigenvalue weighted by Gasteiger charge is -2.20. The zero-order chi connectivity index (χ0) is 10.8. The maximum Gasteiger partial charge on any atom is 0.253 e. The smallest absolute Gasteiger partial charge is 0.253 e. The van der Waals surface area contributed by atoms with Crippen LogP contribution in [0.15, 0.2) is 18.3 Å². The van der Waals surface area contributed by atoms with Crippen molar-refractivity contribution in [2.24, 2.45) is 0 Å². The lowest BCUT2D eigenvalue weighted by Crippen LogP contribution is -2.40. The highest BCUT2D eigenvalue weighted by atomic mass is 19.1. The van der Waals surface area contributed by atoms with E-state index < -0.39 is 5.95 Å². The molecule has 0 bridgehead atoms. The summed E-state index contributed by atoms with van der Waals surface area (Å²) in [6.07, 6.45) is 1.22. The molecule has 0 unspecified atom stereocenters. The first kappa shape index (κ1) is 10.6. The molecule has 0 aromatic carbocycles. The summed E-state index contributed by atoms with van der Waals surface area (Å²) >= 11 is 0. The van der Waals surface area contributed by atoms with Gasteiger partial charge in [0.15, 0.2) is 0 Å². The van der Waals surface area contributed by atoms with Crippen LogP contribution in [0.3, 0.4) is 0 Å². The summed E-state index contributed by atoms with van der Waals surface area (Å²) in [4.78, 5) is 14.9. The molecule has 14 heavy (non-hydrogen) atoms. The molecule has 0 radical (unpaired) electrons. The molecular weight excluding hydrogens is 183 g/mol. The number of nitrogens with one attached hydrogen (secondary N) is 1. The first-order valence-electron chi connectivity index (χ1n) is 4.32. The Bertz CT molecular complexity index is 327. The molecule has 0 aliphatic heterocycles. The van der Waals surface area contributed by atoms with E-state index in [0.29, 0.717) is 5.56 Å². The molecule has 0 saturated heterocycles. The van der Waals surface area contributed by atoms with Gasteiger partial charge in [0.2, 0.25) is 5.95 Å². The minimum absolute atomic E-state index is 0.245. The topological polar surface area (TPSA) is 42.0 Å². The summed E-state index contributed by atoms with van der Waals surface area (Å²) in [5.74, 6) is -0.831. The van der Waals surface area contributed by atoms with E-state index in [0.717, 1.165) is 6.07 Å². The van der Waals surface area contributed by atoms with Gasteiger partial charge in [0.05, 0.1) is 5.56 Å². The molecule has 0 aliphatic rings. The zero-order valence-corrected chi connectivity index (χ0v) is 8.47. The summed E-state index contributed by atoms with van der Waals surface area (Å²) in [5, 5.41) is 2.75. The van der Waals surface area contributed by atoms with Crippen LogP contribution in [0.2, 0.25) is 0 Å². The Morgan fingerprint density at radius 1 is 1.43 bits per heavy atom. The maximum absolute atomic E-state index is 12.4. The number of nitrogens with zero attached hydrogens (tertiary/aromatic N) is 1. The Morgan fingerprint density at radius 2 is 2.07 bits per heavy atom. The van der Waals surface area contributed by atoms with Gasteiger partial charge in [-0.3, -0.25) is 4.79 Å². The summed E-state index contributed by atoms with van der Waals surface area (Å²) in [6, 6.07) is 2.57. The molecule has 1 heterocycles. The van der Waals surface area contributed by atoms with E-state index in [-0.39, 0.29) is 11.4 Å². The molecule has 0 saturated carbocycles. The average Bonchev–Trinajstić information content (AvgIpc) is 2.02. The number of carbonyl (C=O) groups excluding carboxylic acids is 1. The lowest BCUT2D eigenvalue weighted by atomic mass is 10.1. The highest BCUT2D eigenvalue weighted by molar-refractivity contribution is 5.94. The number of hydrogen-bond acceptors (Lipinski definition) is 2. The molecule has 1 N–H and O–H groups in total. The molecule has 0 atom stereocenters. The van der Waals surface area contributed by atoms with Crippen molar-refractivity contribution in [3.05, 3.63) is 29.8 Å². The van der Waals surface area contributed by atoms with Crippen molar-refractivity contribution in [1.82, 2.24) is 10.3 Å². The number of hydrogen-bond donors (Lipinski definition) is 1. The van der Waals surface area contributed by atoms with Gasteiger partial charge in [-0.15, -0.1) is 0 Å². The van der Waals surface area contributed by atoms with Crippen molar-refractivity contribution in [1.29, 1.82) is 0 Å². The Kier molecular flexibility index (Phi) is 2.84. The predicted octanol–water partition coefficient (Wildman–Crippen LogP) is 1.75. The van der Waals surface area contributed by atoms with Gasteiger partial charge in [-0.05, 0) is 32.9 Å². The highest BCUT2D eigenvalue weighted by Gasteiger charge is 2.15. The zero-order valence-electron chi connectivity index (χ0n) is 8.47. The maximum atomic E-state index is 12.4. The van der Waals surface area contributed by atoms with Crippen LogP contribution in [0.5, 0.6) is 0 Å². The number of aromatic nitrogens is 1. The van der Waals surface area contributed by atoms with Gasteiger partial charge < -0.3 is 5.32 Å². The third kappa shape index (κ3) is 3.12. The van der Waals surface area contributed by atoms with Gasteiger partial charge in [0.1, 0.15) is 0 Å². The molecule has 1 aromatic rings. The van der Waals surface area contributed by atoms with Crippen molar-refractivity contribution in [2.45, 2.75) is 26.3 Å². The highest BCUT2D eigenvalue weighted by Crippen LogP contribution is 2.04. The van der Waals surface area contributed by atoms with E-state index in [1.54, 1.807) is 0 Å². The van der Waals surface area contributed by atoms with Crippen LogP contribution in [0, 0.1) is 5.95 Å². The van der Waals surface area contributed by atoms with Gasteiger partial charge in [-0.1, -0.05) is 0 Å². The molecule has 0 spiro atoms. The van der Waals surface area contributed by atoms with Gasteiger partial charge in [0.25, 0.3) is 5.91 Å². The second-order valence-corrected chi connectivity index (χ2v) is 4.07. The normalized spacial score (nSPS) is 11.1. The molecule has 76 valence electrons. The quantitative estimate of drug-likeness (QED) is 0.695. The van der Waals surface area contributed by atoms with Crippen LogP contribution in [-0.4, -0.2) is 16.4 Å². The Labute approximate surface area is 82.4 Å². The standard InChI is InChI=1S/C10H13FN2O/c1-10(2,3)13-9(14)7-4-5-8(11)12-6-7/h4-6H,1-3H3,(H,13,14). The van der Waals surface area contributed by atoms with E-state index in [2.05, 4.69) is 10.3 Å². The molecular formula is C10H13FN2O. The molecule has 1 rings (SSSR count). The van der Waals surface area contributed by atoms with Crippen LogP contribution < -0.4 is 5.32 Å². The fourth-order valence-corrected chi connectivity index (χ4v) is 0.923. The minimum atomic E-state index is -0.586. The molecule has 1 aromatic heterocycles. The van der Waals surface area contributed by atoms with Crippen LogP contribution in [-0.2, 0) is 0 Å². The van der Waals surface area contributed by atoms with Crippen LogP contribution in [0.4, 0.5) is 4.39 Å². The second-order valence-electron chi connectivity index (χ2n) is 4.07. The Morgan fingerprint density at radius 3 is 2.50 bits per heavy atom. The van der Waals surface area contributed by atoms with Crippen molar-refractivity contribution in [2.75, 3.05) is 0 Å². The third-order valence-corrected chi connectivity index (χ3v) is 1.48. The summed E-state index contributed by atoms with van der Waals surface area (Å²) in [6.45, 7) is 5.63. The summed E-state index contributed by atoms with van der Waals surface area (Å²) < 4.78 is 12.4. The van der Waals surface area contributed by atoms with E-state index in [9.17, 15) is 9.18 Å².